The first-order valence-electron chi connectivity index (χ1n) is 6.99. The number of piperidine rings is 1. The molecule has 0 aliphatic carbocycles. The van der Waals surface area contributed by atoms with E-state index in [0.29, 0.717) is 17.9 Å². The van der Waals surface area contributed by atoms with E-state index in [9.17, 15) is 4.79 Å². The van der Waals surface area contributed by atoms with Gasteiger partial charge < -0.3 is 10.1 Å². The maximum Gasteiger partial charge on any atom is 0.170 e. The van der Waals surface area contributed by atoms with Gasteiger partial charge in [-0.2, -0.15) is 0 Å². The van der Waals surface area contributed by atoms with E-state index in [1.165, 1.54) is 0 Å². The lowest BCUT2D eigenvalue weighted by molar-refractivity contribution is 0.0761. The second-order valence-electron chi connectivity index (χ2n) is 5.40. The molecule has 1 N–H and O–H groups in total. The van der Waals surface area contributed by atoms with Crippen molar-refractivity contribution in [1.82, 2.24) is 10.3 Å². The Balaban J connectivity index is 2.14. The number of carbonyl (C=O) groups is 1. The van der Waals surface area contributed by atoms with Gasteiger partial charge in [0.25, 0.3) is 0 Å². The number of hydrogen-bond acceptors (Lipinski definition) is 4. The fraction of sp³-hybridized carbons (Fsp3) is 0.600. The maximum absolute atomic E-state index is 12.6. The van der Waals surface area contributed by atoms with Gasteiger partial charge in [0.05, 0.1) is 12.8 Å². The highest BCUT2D eigenvalue weighted by Gasteiger charge is 2.35. The minimum absolute atomic E-state index is 0.184. The molecule has 0 aromatic carbocycles. The van der Waals surface area contributed by atoms with Gasteiger partial charge >= 0.3 is 0 Å². The summed E-state index contributed by atoms with van der Waals surface area (Å²) < 4.78 is 5.54. The molecule has 4 heteroatoms. The largest absolute Gasteiger partial charge is 0.492 e. The van der Waals surface area contributed by atoms with Crippen molar-refractivity contribution in [3.63, 3.8) is 0 Å². The van der Waals surface area contributed by atoms with Crippen molar-refractivity contribution in [1.29, 1.82) is 0 Å². The molecule has 0 bridgehead atoms. The average molecular weight is 262 g/mol. The van der Waals surface area contributed by atoms with E-state index < -0.39 is 0 Å². The van der Waals surface area contributed by atoms with Crippen LogP contribution in [0.3, 0.4) is 0 Å². The smallest absolute Gasteiger partial charge is 0.170 e. The van der Waals surface area contributed by atoms with Gasteiger partial charge in [-0.05, 0) is 38.4 Å². The zero-order valence-electron chi connectivity index (χ0n) is 11.7. The van der Waals surface area contributed by atoms with Crippen molar-refractivity contribution in [2.24, 2.45) is 5.41 Å². The number of aromatic nitrogens is 1. The maximum atomic E-state index is 12.6. The Morgan fingerprint density at radius 3 is 2.84 bits per heavy atom. The van der Waals surface area contributed by atoms with Gasteiger partial charge in [-0.1, -0.05) is 13.8 Å². The van der Waals surface area contributed by atoms with Crippen LogP contribution in [0.4, 0.5) is 0 Å². The molecule has 0 spiro atoms. The summed E-state index contributed by atoms with van der Waals surface area (Å²) in [4.78, 5) is 16.7. The zero-order chi connectivity index (χ0) is 13.7. The van der Waals surface area contributed by atoms with E-state index >= 15 is 0 Å². The molecule has 1 fully saturated rings. The Kier molecular flexibility index (Phi) is 4.53. The third-order valence-corrected chi connectivity index (χ3v) is 3.70. The molecular formula is C15H22N2O2. The summed E-state index contributed by atoms with van der Waals surface area (Å²) in [5.41, 5.74) is 0.397. The van der Waals surface area contributed by atoms with Crippen LogP contribution in [0.1, 0.15) is 43.5 Å². The van der Waals surface area contributed by atoms with Gasteiger partial charge in [-0.15, -0.1) is 0 Å². The topological polar surface area (TPSA) is 51.2 Å². The zero-order valence-corrected chi connectivity index (χ0v) is 11.7. The van der Waals surface area contributed by atoms with Crippen molar-refractivity contribution in [3.8, 4) is 5.75 Å². The van der Waals surface area contributed by atoms with E-state index in [-0.39, 0.29) is 11.2 Å². The van der Waals surface area contributed by atoms with Gasteiger partial charge in [0.1, 0.15) is 5.75 Å². The van der Waals surface area contributed by atoms with Gasteiger partial charge in [0.15, 0.2) is 5.78 Å². The molecule has 104 valence electrons. The standard InChI is InChI=1S/C15H22N2O2/c1-3-8-19-13-9-12(10-17-11-13)14(18)15(2)4-6-16-7-5-15/h9-11,16H,3-8H2,1-2H3. The van der Waals surface area contributed by atoms with Crippen LogP contribution in [0.5, 0.6) is 5.75 Å². The number of hydrogen-bond donors (Lipinski definition) is 1. The first kappa shape index (κ1) is 14.0. The number of ether oxygens (including phenoxy) is 1. The van der Waals surface area contributed by atoms with E-state index in [2.05, 4.69) is 24.1 Å². The van der Waals surface area contributed by atoms with Crippen molar-refractivity contribution in [3.05, 3.63) is 24.0 Å². The molecule has 1 aromatic rings. The fourth-order valence-corrected chi connectivity index (χ4v) is 2.40. The summed E-state index contributed by atoms with van der Waals surface area (Å²) in [5.74, 6) is 0.869. The summed E-state index contributed by atoms with van der Waals surface area (Å²) in [6.07, 6.45) is 6.02. The Labute approximate surface area is 114 Å². The minimum Gasteiger partial charge on any atom is -0.492 e. The van der Waals surface area contributed by atoms with E-state index in [4.69, 9.17) is 4.74 Å². The Morgan fingerprint density at radius 1 is 1.42 bits per heavy atom. The molecule has 0 atom stereocenters. The van der Waals surface area contributed by atoms with Crippen LogP contribution in [0.25, 0.3) is 0 Å². The Hall–Kier alpha value is -1.42. The van der Waals surface area contributed by atoms with E-state index in [1.54, 1.807) is 12.4 Å². The Bertz CT molecular complexity index is 440. The lowest BCUT2D eigenvalue weighted by Crippen LogP contribution is -2.40. The highest BCUT2D eigenvalue weighted by atomic mass is 16.5. The first-order valence-corrected chi connectivity index (χ1v) is 6.99. The number of carbonyl (C=O) groups excluding carboxylic acids is 1. The van der Waals surface area contributed by atoms with Crippen LogP contribution >= 0.6 is 0 Å². The fourth-order valence-electron chi connectivity index (χ4n) is 2.40. The molecule has 0 saturated carbocycles. The van der Waals surface area contributed by atoms with Crippen LogP contribution in [0, 0.1) is 5.41 Å². The van der Waals surface area contributed by atoms with Gasteiger partial charge in [0, 0.05) is 17.2 Å². The number of ketones is 1. The van der Waals surface area contributed by atoms with Crippen molar-refractivity contribution >= 4 is 5.78 Å². The Morgan fingerprint density at radius 2 is 2.16 bits per heavy atom. The number of Topliss-reactive ketones (excluding diaryl/α,β-unsaturated/α-hetero) is 1. The summed E-state index contributed by atoms with van der Waals surface area (Å²) in [6, 6.07) is 1.82. The van der Waals surface area contributed by atoms with Gasteiger partial charge in [0.2, 0.25) is 0 Å². The molecule has 1 aliphatic rings. The van der Waals surface area contributed by atoms with Gasteiger partial charge in [-0.25, -0.2) is 0 Å². The molecule has 4 nitrogen and oxygen atoms in total. The third-order valence-electron chi connectivity index (χ3n) is 3.70. The molecule has 1 aliphatic heterocycles. The number of nitrogens with zero attached hydrogens (tertiary/aromatic N) is 1. The van der Waals surface area contributed by atoms with Gasteiger partial charge in [-0.3, -0.25) is 9.78 Å². The molecule has 0 unspecified atom stereocenters. The summed E-state index contributed by atoms with van der Waals surface area (Å²) in [7, 11) is 0. The molecule has 0 radical (unpaired) electrons. The van der Waals surface area contributed by atoms with Crippen LogP contribution in [0.2, 0.25) is 0 Å². The molecule has 0 amide bonds. The molecule has 19 heavy (non-hydrogen) atoms. The molecule has 2 heterocycles. The third kappa shape index (κ3) is 3.32. The molecule has 1 saturated heterocycles. The number of nitrogens with one attached hydrogen (secondary N) is 1. The van der Waals surface area contributed by atoms with Crippen molar-refractivity contribution in [2.45, 2.75) is 33.1 Å². The quantitative estimate of drug-likeness (QED) is 0.828. The van der Waals surface area contributed by atoms with Crippen LogP contribution in [-0.4, -0.2) is 30.5 Å². The SMILES string of the molecule is CCCOc1cncc(C(=O)C2(C)CCNCC2)c1. The van der Waals surface area contributed by atoms with E-state index in [1.807, 2.05) is 6.07 Å². The normalized spacial score (nSPS) is 18.0. The predicted molar refractivity (Wildman–Crippen MR) is 74.6 cm³/mol. The molecular weight excluding hydrogens is 240 g/mol. The summed E-state index contributed by atoms with van der Waals surface area (Å²) >= 11 is 0. The predicted octanol–water partition coefficient (Wildman–Crippen LogP) is 2.44. The van der Waals surface area contributed by atoms with Crippen LogP contribution < -0.4 is 10.1 Å². The highest BCUT2D eigenvalue weighted by molar-refractivity contribution is 6.00. The highest BCUT2D eigenvalue weighted by Crippen LogP contribution is 2.32. The first-order chi connectivity index (χ1) is 9.15. The van der Waals surface area contributed by atoms with Crippen LogP contribution in [-0.2, 0) is 0 Å². The second kappa shape index (κ2) is 6.15. The summed E-state index contributed by atoms with van der Waals surface area (Å²) in [5, 5.41) is 3.29. The second-order valence-corrected chi connectivity index (χ2v) is 5.40. The molecule has 2 rings (SSSR count). The lowest BCUT2D eigenvalue weighted by atomic mass is 9.75. The van der Waals surface area contributed by atoms with Crippen molar-refractivity contribution in [2.75, 3.05) is 19.7 Å². The average Bonchev–Trinajstić information content (AvgIpc) is 2.45. The van der Waals surface area contributed by atoms with Crippen LogP contribution in [0.15, 0.2) is 18.5 Å². The number of pyridine rings is 1. The molecule has 1 aromatic heterocycles. The van der Waals surface area contributed by atoms with E-state index in [0.717, 1.165) is 32.4 Å². The lowest BCUT2D eigenvalue weighted by Gasteiger charge is -2.32. The monoisotopic (exact) mass is 262 g/mol. The van der Waals surface area contributed by atoms with Crippen molar-refractivity contribution < 1.29 is 9.53 Å². The summed E-state index contributed by atoms with van der Waals surface area (Å²) in [6.45, 7) is 6.57. The minimum atomic E-state index is -0.268. The number of rotatable bonds is 5.